The minimum atomic E-state index is -0.779. The van der Waals surface area contributed by atoms with Crippen molar-refractivity contribution >= 4 is 11.6 Å². The fourth-order valence-electron chi connectivity index (χ4n) is 2.10. The largest absolute Gasteiger partial charge is 0.492 e. The number of hydrogen-bond acceptors (Lipinski definition) is 3. The number of carbonyl (C=O) groups is 1. The second-order valence-corrected chi connectivity index (χ2v) is 4.59. The van der Waals surface area contributed by atoms with Gasteiger partial charge in [-0.3, -0.25) is 4.79 Å². The molecule has 1 N–H and O–H groups in total. The first-order valence-corrected chi connectivity index (χ1v) is 6.96. The molecule has 0 aliphatic heterocycles. The van der Waals surface area contributed by atoms with Gasteiger partial charge in [-0.1, -0.05) is 30.3 Å². The third-order valence-electron chi connectivity index (χ3n) is 3.08. The van der Waals surface area contributed by atoms with Crippen molar-refractivity contribution in [2.75, 3.05) is 19.0 Å². The fraction of sp³-hybridized carbons (Fsp3) is 0.235. The summed E-state index contributed by atoms with van der Waals surface area (Å²) in [5.74, 6) is -0.423. The molecule has 0 saturated carbocycles. The van der Waals surface area contributed by atoms with Crippen molar-refractivity contribution in [3.8, 4) is 5.75 Å². The average molecular weight is 303 g/mol. The highest BCUT2D eigenvalue weighted by molar-refractivity contribution is 5.96. The Bertz CT molecular complexity index is 631. The molecule has 2 rings (SSSR count). The molecule has 0 spiro atoms. The zero-order chi connectivity index (χ0) is 15.9. The first-order chi connectivity index (χ1) is 10.7. The van der Waals surface area contributed by atoms with E-state index in [1.807, 2.05) is 25.1 Å². The van der Waals surface area contributed by atoms with E-state index in [4.69, 9.17) is 9.47 Å². The SMILES string of the molecule is CCOc1ccc(F)cc1NC(=O)[C@@H](OC)c1ccccc1. The summed E-state index contributed by atoms with van der Waals surface area (Å²) in [6, 6.07) is 13.1. The second-order valence-electron chi connectivity index (χ2n) is 4.59. The zero-order valence-electron chi connectivity index (χ0n) is 12.5. The molecule has 0 unspecified atom stereocenters. The number of amides is 1. The van der Waals surface area contributed by atoms with E-state index in [2.05, 4.69) is 5.32 Å². The van der Waals surface area contributed by atoms with Crippen molar-refractivity contribution in [1.82, 2.24) is 0 Å². The lowest BCUT2D eigenvalue weighted by Crippen LogP contribution is -2.23. The van der Waals surface area contributed by atoms with E-state index in [-0.39, 0.29) is 11.6 Å². The second kappa shape index (κ2) is 7.56. The summed E-state index contributed by atoms with van der Waals surface area (Å²) in [6.45, 7) is 2.23. The molecule has 0 radical (unpaired) electrons. The molecule has 0 saturated heterocycles. The summed E-state index contributed by atoms with van der Waals surface area (Å²) in [4.78, 5) is 12.4. The smallest absolute Gasteiger partial charge is 0.258 e. The van der Waals surface area contributed by atoms with Crippen LogP contribution in [0.2, 0.25) is 0 Å². The van der Waals surface area contributed by atoms with Gasteiger partial charge in [0.15, 0.2) is 6.10 Å². The Hall–Kier alpha value is -2.40. The fourth-order valence-corrected chi connectivity index (χ4v) is 2.10. The number of methoxy groups -OCH3 is 1. The van der Waals surface area contributed by atoms with E-state index in [0.29, 0.717) is 12.4 Å². The number of halogens is 1. The van der Waals surface area contributed by atoms with Crippen LogP contribution in [0.5, 0.6) is 5.75 Å². The predicted molar refractivity (Wildman–Crippen MR) is 82.4 cm³/mol. The Labute approximate surface area is 128 Å². The van der Waals surface area contributed by atoms with Gasteiger partial charge < -0.3 is 14.8 Å². The molecule has 0 aromatic heterocycles. The van der Waals surface area contributed by atoms with Crippen LogP contribution in [0.1, 0.15) is 18.6 Å². The summed E-state index contributed by atoms with van der Waals surface area (Å²) in [5, 5.41) is 2.66. The monoisotopic (exact) mass is 303 g/mol. The van der Waals surface area contributed by atoms with Crippen LogP contribution in [0, 0.1) is 5.82 Å². The molecule has 2 aromatic carbocycles. The highest BCUT2D eigenvalue weighted by Gasteiger charge is 2.21. The van der Waals surface area contributed by atoms with Crippen molar-refractivity contribution in [3.05, 3.63) is 59.9 Å². The van der Waals surface area contributed by atoms with Gasteiger partial charge in [-0.25, -0.2) is 4.39 Å². The van der Waals surface area contributed by atoms with Gasteiger partial charge in [0.05, 0.1) is 12.3 Å². The number of benzene rings is 2. The van der Waals surface area contributed by atoms with Gasteiger partial charge in [0.25, 0.3) is 5.91 Å². The molecule has 2 aromatic rings. The summed E-state index contributed by atoms with van der Waals surface area (Å²) in [5.41, 5.74) is 1.00. The van der Waals surface area contributed by atoms with Crippen LogP contribution in [0.15, 0.2) is 48.5 Å². The standard InChI is InChI=1S/C17H18FNO3/c1-3-22-15-10-9-13(18)11-14(15)19-17(20)16(21-2)12-7-5-4-6-8-12/h4-11,16H,3H2,1-2H3,(H,19,20)/t16-/m0/s1. The lowest BCUT2D eigenvalue weighted by atomic mass is 10.1. The van der Waals surface area contributed by atoms with E-state index < -0.39 is 11.9 Å². The maximum absolute atomic E-state index is 13.4. The van der Waals surface area contributed by atoms with Crippen LogP contribution in [0.4, 0.5) is 10.1 Å². The molecule has 116 valence electrons. The molecule has 4 nitrogen and oxygen atoms in total. The van der Waals surface area contributed by atoms with Crippen LogP contribution < -0.4 is 10.1 Å². The third kappa shape index (κ3) is 3.83. The average Bonchev–Trinajstić information content (AvgIpc) is 2.52. The van der Waals surface area contributed by atoms with Crippen molar-refractivity contribution in [2.24, 2.45) is 0 Å². The summed E-state index contributed by atoms with van der Waals surface area (Å²) in [7, 11) is 1.45. The van der Waals surface area contributed by atoms with Crippen LogP contribution in [0.25, 0.3) is 0 Å². The van der Waals surface area contributed by atoms with Gasteiger partial charge in [0.1, 0.15) is 11.6 Å². The zero-order valence-corrected chi connectivity index (χ0v) is 12.5. The molecule has 0 fully saturated rings. The van der Waals surface area contributed by atoms with Crippen molar-refractivity contribution < 1.29 is 18.7 Å². The minimum Gasteiger partial charge on any atom is -0.492 e. The Morgan fingerprint density at radius 3 is 2.59 bits per heavy atom. The molecule has 22 heavy (non-hydrogen) atoms. The summed E-state index contributed by atoms with van der Waals surface area (Å²) < 4.78 is 24.0. The molecule has 0 aliphatic rings. The Morgan fingerprint density at radius 1 is 1.23 bits per heavy atom. The quantitative estimate of drug-likeness (QED) is 0.887. The van der Waals surface area contributed by atoms with Crippen molar-refractivity contribution in [1.29, 1.82) is 0 Å². The van der Waals surface area contributed by atoms with Gasteiger partial charge in [-0.2, -0.15) is 0 Å². The highest BCUT2D eigenvalue weighted by atomic mass is 19.1. The molecule has 5 heteroatoms. The van der Waals surface area contributed by atoms with Gasteiger partial charge in [-0.05, 0) is 24.6 Å². The number of hydrogen-bond donors (Lipinski definition) is 1. The van der Waals surface area contributed by atoms with Crippen LogP contribution in [0.3, 0.4) is 0 Å². The van der Waals surface area contributed by atoms with Gasteiger partial charge in [0, 0.05) is 13.2 Å². The van der Waals surface area contributed by atoms with E-state index in [1.54, 1.807) is 12.1 Å². The first-order valence-electron chi connectivity index (χ1n) is 6.96. The molecular weight excluding hydrogens is 285 g/mol. The van der Waals surface area contributed by atoms with E-state index in [1.165, 1.54) is 25.3 Å². The molecule has 0 bridgehead atoms. The van der Waals surface area contributed by atoms with E-state index in [0.717, 1.165) is 5.56 Å². The normalized spacial score (nSPS) is 11.8. The topological polar surface area (TPSA) is 47.6 Å². The predicted octanol–water partition coefficient (Wildman–Crippen LogP) is 3.55. The highest BCUT2D eigenvalue weighted by Crippen LogP contribution is 2.27. The van der Waals surface area contributed by atoms with Crippen molar-refractivity contribution in [2.45, 2.75) is 13.0 Å². The summed E-state index contributed by atoms with van der Waals surface area (Å²) >= 11 is 0. The maximum Gasteiger partial charge on any atom is 0.258 e. The molecule has 0 heterocycles. The summed E-state index contributed by atoms with van der Waals surface area (Å²) in [6.07, 6.45) is -0.779. The van der Waals surface area contributed by atoms with Crippen LogP contribution in [-0.2, 0) is 9.53 Å². The van der Waals surface area contributed by atoms with Gasteiger partial charge >= 0.3 is 0 Å². The Kier molecular flexibility index (Phi) is 5.49. The molecular formula is C17H18FNO3. The lowest BCUT2D eigenvalue weighted by Gasteiger charge is -2.17. The van der Waals surface area contributed by atoms with E-state index >= 15 is 0 Å². The van der Waals surface area contributed by atoms with E-state index in [9.17, 15) is 9.18 Å². The van der Waals surface area contributed by atoms with Gasteiger partial charge in [-0.15, -0.1) is 0 Å². The number of rotatable bonds is 6. The third-order valence-corrected chi connectivity index (χ3v) is 3.08. The van der Waals surface area contributed by atoms with Crippen molar-refractivity contribution in [3.63, 3.8) is 0 Å². The Balaban J connectivity index is 2.22. The minimum absolute atomic E-state index is 0.282. The molecule has 1 atom stereocenters. The first kappa shape index (κ1) is 16.0. The number of anilines is 1. The van der Waals surface area contributed by atoms with Gasteiger partial charge in [0.2, 0.25) is 0 Å². The molecule has 1 amide bonds. The van der Waals surface area contributed by atoms with Crippen LogP contribution in [-0.4, -0.2) is 19.6 Å². The van der Waals surface area contributed by atoms with Crippen LogP contribution >= 0.6 is 0 Å². The number of nitrogens with one attached hydrogen (secondary N) is 1. The number of ether oxygens (including phenoxy) is 2. The number of carbonyl (C=O) groups excluding carboxylic acids is 1. The lowest BCUT2D eigenvalue weighted by molar-refractivity contribution is -0.126. The Morgan fingerprint density at radius 2 is 1.95 bits per heavy atom. The maximum atomic E-state index is 13.4. The molecule has 0 aliphatic carbocycles.